The summed E-state index contributed by atoms with van der Waals surface area (Å²) in [5.41, 5.74) is 0.397. The van der Waals surface area contributed by atoms with Gasteiger partial charge in [-0.15, -0.1) is 0 Å². The van der Waals surface area contributed by atoms with Crippen LogP contribution < -0.4 is 5.32 Å². The maximum Gasteiger partial charge on any atom is 0.0624 e. The van der Waals surface area contributed by atoms with Crippen molar-refractivity contribution < 1.29 is 4.74 Å². The molecule has 0 bridgehead atoms. The molecule has 2 aliphatic rings. The normalized spacial score (nSPS) is 25.8. The van der Waals surface area contributed by atoms with E-state index in [0.29, 0.717) is 17.5 Å². The topological polar surface area (TPSA) is 24.5 Å². The summed E-state index contributed by atoms with van der Waals surface area (Å²) in [4.78, 5) is 2.73. The van der Waals surface area contributed by atoms with Crippen LogP contribution in [0.15, 0.2) is 0 Å². The van der Waals surface area contributed by atoms with Crippen LogP contribution in [-0.2, 0) is 4.74 Å². The zero-order chi connectivity index (χ0) is 14.4. The molecule has 1 N–H and O–H groups in total. The van der Waals surface area contributed by atoms with E-state index in [1.54, 1.807) is 0 Å². The molecule has 3 heteroatoms. The van der Waals surface area contributed by atoms with Crippen LogP contribution in [0.3, 0.4) is 0 Å². The third-order valence-corrected chi connectivity index (χ3v) is 5.17. The fourth-order valence-electron chi connectivity index (χ4n) is 3.96. The van der Waals surface area contributed by atoms with Crippen LogP contribution in [0.2, 0.25) is 0 Å². The summed E-state index contributed by atoms with van der Waals surface area (Å²) in [7, 11) is 0. The summed E-state index contributed by atoms with van der Waals surface area (Å²) in [6.07, 6.45) is 8.23. The van der Waals surface area contributed by atoms with Crippen molar-refractivity contribution in [1.29, 1.82) is 0 Å². The highest BCUT2D eigenvalue weighted by Crippen LogP contribution is 2.31. The van der Waals surface area contributed by atoms with Crippen LogP contribution in [0.25, 0.3) is 0 Å². The van der Waals surface area contributed by atoms with Gasteiger partial charge < -0.3 is 10.1 Å². The summed E-state index contributed by atoms with van der Waals surface area (Å²) in [6, 6.07) is 0.577. The van der Waals surface area contributed by atoms with Crippen LogP contribution in [0.5, 0.6) is 0 Å². The molecule has 0 aromatic heterocycles. The Bertz CT molecular complexity index is 274. The van der Waals surface area contributed by atoms with Gasteiger partial charge in [-0.05, 0) is 45.2 Å². The molecule has 2 fully saturated rings. The van der Waals surface area contributed by atoms with Gasteiger partial charge in [0, 0.05) is 24.7 Å². The fraction of sp³-hybridized carbons (Fsp3) is 1.00. The van der Waals surface area contributed by atoms with E-state index in [2.05, 4.69) is 31.0 Å². The molecule has 3 nitrogen and oxygen atoms in total. The lowest BCUT2D eigenvalue weighted by Crippen LogP contribution is -2.55. The number of rotatable bonds is 5. The Morgan fingerprint density at radius 3 is 2.55 bits per heavy atom. The van der Waals surface area contributed by atoms with Gasteiger partial charge in [-0.25, -0.2) is 0 Å². The van der Waals surface area contributed by atoms with Crippen LogP contribution >= 0.6 is 0 Å². The Hall–Kier alpha value is -0.120. The van der Waals surface area contributed by atoms with Crippen LogP contribution in [0, 0.1) is 5.92 Å². The molecule has 1 atom stereocenters. The highest BCUT2D eigenvalue weighted by molar-refractivity contribution is 4.97. The molecule has 20 heavy (non-hydrogen) atoms. The summed E-state index contributed by atoms with van der Waals surface area (Å²) in [5.74, 6) is 0.667. The number of hydrogen-bond acceptors (Lipinski definition) is 3. The average Bonchev–Trinajstić information content (AvgIpc) is 2.63. The maximum absolute atomic E-state index is 5.76. The molecule has 1 saturated heterocycles. The highest BCUT2D eigenvalue weighted by atomic mass is 16.5. The first-order chi connectivity index (χ1) is 9.67. The first kappa shape index (κ1) is 16.3. The molecule has 1 aliphatic heterocycles. The molecular weight excluding hydrogens is 248 g/mol. The fourth-order valence-corrected chi connectivity index (χ4v) is 3.96. The Balaban J connectivity index is 2.03. The van der Waals surface area contributed by atoms with Crippen molar-refractivity contribution in [3.05, 3.63) is 0 Å². The van der Waals surface area contributed by atoms with Crippen molar-refractivity contribution >= 4 is 0 Å². The van der Waals surface area contributed by atoms with Crippen molar-refractivity contribution in [2.75, 3.05) is 32.8 Å². The van der Waals surface area contributed by atoms with E-state index in [1.807, 2.05) is 0 Å². The third kappa shape index (κ3) is 4.19. The van der Waals surface area contributed by atoms with Gasteiger partial charge >= 0.3 is 0 Å². The van der Waals surface area contributed by atoms with Crippen molar-refractivity contribution in [3.8, 4) is 0 Å². The molecule has 1 aliphatic carbocycles. The predicted octanol–water partition coefficient (Wildman–Crippen LogP) is 3.05. The molecule has 2 rings (SSSR count). The van der Waals surface area contributed by atoms with Gasteiger partial charge in [-0.2, -0.15) is 0 Å². The molecule has 1 spiro atoms. The number of hydrogen-bond donors (Lipinski definition) is 1. The molecule has 1 heterocycles. The third-order valence-electron chi connectivity index (χ3n) is 5.17. The SMILES string of the molecule is CCOCC(C(C)C)N1CCCNC2(CCCCC2)C1. The van der Waals surface area contributed by atoms with E-state index < -0.39 is 0 Å². The lowest BCUT2D eigenvalue weighted by atomic mass is 9.81. The molecule has 0 aromatic rings. The number of nitrogens with one attached hydrogen (secondary N) is 1. The second kappa shape index (κ2) is 7.77. The van der Waals surface area contributed by atoms with Crippen molar-refractivity contribution in [1.82, 2.24) is 10.2 Å². The molecule has 1 saturated carbocycles. The minimum atomic E-state index is 0.397. The van der Waals surface area contributed by atoms with E-state index in [1.165, 1.54) is 58.2 Å². The molecule has 0 aromatic carbocycles. The largest absolute Gasteiger partial charge is 0.380 e. The zero-order valence-corrected chi connectivity index (χ0v) is 13.8. The van der Waals surface area contributed by atoms with Gasteiger partial charge in [0.2, 0.25) is 0 Å². The molecule has 1 unspecified atom stereocenters. The van der Waals surface area contributed by atoms with E-state index in [-0.39, 0.29) is 0 Å². The zero-order valence-electron chi connectivity index (χ0n) is 13.8. The van der Waals surface area contributed by atoms with Crippen LogP contribution in [-0.4, -0.2) is 49.3 Å². The van der Waals surface area contributed by atoms with Gasteiger partial charge in [0.1, 0.15) is 0 Å². The molecule has 0 amide bonds. The van der Waals surface area contributed by atoms with Crippen molar-refractivity contribution in [3.63, 3.8) is 0 Å². The average molecular weight is 282 g/mol. The lowest BCUT2D eigenvalue weighted by Gasteiger charge is -2.43. The van der Waals surface area contributed by atoms with E-state index in [4.69, 9.17) is 4.74 Å². The van der Waals surface area contributed by atoms with Gasteiger partial charge in [-0.3, -0.25) is 4.90 Å². The maximum atomic E-state index is 5.76. The Morgan fingerprint density at radius 2 is 1.90 bits per heavy atom. The second-order valence-corrected chi connectivity index (χ2v) is 7.06. The second-order valence-electron chi connectivity index (χ2n) is 7.06. The highest BCUT2D eigenvalue weighted by Gasteiger charge is 2.37. The van der Waals surface area contributed by atoms with Crippen molar-refractivity contribution in [2.45, 2.75) is 70.9 Å². The van der Waals surface area contributed by atoms with E-state index in [0.717, 1.165) is 13.2 Å². The van der Waals surface area contributed by atoms with Crippen LogP contribution in [0.4, 0.5) is 0 Å². The number of ether oxygens (including phenoxy) is 1. The standard InChI is InChI=1S/C17H34N2O/c1-4-20-13-16(15(2)3)19-12-8-11-18-17(14-19)9-6-5-7-10-17/h15-16,18H,4-14H2,1-3H3. The molecule has 0 radical (unpaired) electrons. The lowest BCUT2D eigenvalue weighted by molar-refractivity contribution is 0.0300. The van der Waals surface area contributed by atoms with Gasteiger partial charge in [0.15, 0.2) is 0 Å². The summed E-state index contributed by atoms with van der Waals surface area (Å²) in [5, 5.41) is 3.89. The Kier molecular flexibility index (Phi) is 6.31. The summed E-state index contributed by atoms with van der Waals surface area (Å²) < 4.78 is 5.76. The quantitative estimate of drug-likeness (QED) is 0.839. The summed E-state index contributed by atoms with van der Waals surface area (Å²) >= 11 is 0. The van der Waals surface area contributed by atoms with E-state index in [9.17, 15) is 0 Å². The first-order valence-corrected chi connectivity index (χ1v) is 8.74. The monoisotopic (exact) mass is 282 g/mol. The number of nitrogens with zero attached hydrogens (tertiary/aromatic N) is 1. The smallest absolute Gasteiger partial charge is 0.0624 e. The van der Waals surface area contributed by atoms with Gasteiger partial charge in [-0.1, -0.05) is 33.1 Å². The van der Waals surface area contributed by atoms with Gasteiger partial charge in [0.05, 0.1) is 6.61 Å². The predicted molar refractivity (Wildman–Crippen MR) is 85.1 cm³/mol. The Labute approximate surface area is 125 Å². The Morgan fingerprint density at radius 1 is 1.15 bits per heavy atom. The van der Waals surface area contributed by atoms with E-state index >= 15 is 0 Å². The first-order valence-electron chi connectivity index (χ1n) is 8.74. The van der Waals surface area contributed by atoms with Crippen LogP contribution in [0.1, 0.15) is 59.3 Å². The minimum Gasteiger partial charge on any atom is -0.380 e. The summed E-state index contributed by atoms with van der Waals surface area (Å²) in [6.45, 7) is 12.2. The van der Waals surface area contributed by atoms with Crippen molar-refractivity contribution in [2.24, 2.45) is 5.92 Å². The molecule has 118 valence electrons. The molecular formula is C17H34N2O. The minimum absolute atomic E-state index is 0.397. The van der Waals surface area contributed by atoms with Gasteiger partial charge in [0.25, 0.3) is 0 Å².